The zero-order valence-corrected chi connectivity index (χ0v) is 19.2. The van der Waals surface area contributed by atoms with Crippen LogP contribution in [0.4, 0.5) is 5.69 Å². The van der Waals surface area contributed by atoms with Crippen molar-refractivity contribution < 1.29 is 17.9 Å². The Morgan fingerprint density at radius 3 is 2.19 bits per heavy atom. The quantitative estimate of drug-likeness (QED) is 0.675. The van der Waals surface area contributed by atoms with Crippen LogP contribution in [-0.2, 0) is 14.8 Å². The van der Waals surface area contributed by atoms with Gasteiger partial charge in [0.15, 0.2) is 0 Å². The van der Waals surface area contributed by atoms with E-state index in [1.54, 1.807) is 43.5 Å². The van der Waals surface area contributed by atoms with E-state index in [2.05, 4.69) is 19.2 Å². The second-order valence-corrected chi connectivity index (χ2v) is 9.77. The van der Waals surface area contributed by atoms with Gasteiger partial charge in [-0.25, -0.2) is 8.42 Å². The Hall–Kier alpha value is -2.42. The maximum Gasteiger partial charge on any atom is 0.243 e. The zero-order valence-electron chi connectivity index (χ0n) is 18.4. The molecule has 31 heavy (non-hydrogen) atoms. The first-order valence-corrected chi connectivity index (χ1v) is 12.0. The fourth-order valence-electron chi connectivity index (χ4n) is 3.56. The van der Waals surface area contributed by atoms with E-state index in [4.69, 9.17) is 4.74 Å². The van der Waals surface area contributed by atoms with Crippen molar-refractivity contribution in [3.8, 4) is 5.75 Å². The number of amides is 1. The Bertz CT molecular complexity index is 967. The molecule has 0 aliphatic carbocycles. The molecule has 0 spiro atoms. The van der Waals surface area contributed by atoms with Gasteiger partial charge in [0.25, 0.3) is 0 Å². The van der Waals surface area contributed by atoms with Crippen LogP contribution in [0.3, 0.4) is 0 Å². The first-order chi connectivity index (χ1) is 14.8. The molecule has 1 unspecified atom stereocenters. The van der Waals surface area contributed by atoms with Gasteiger partial charge in [0.05, 0.1) is 18.6 Å². The summed E-state index contributed by atoms with van der Waals surface area (Å²) in [6.45, 7) is 6.24. The minimum Gasteiger partial charge on any atom is -0.497 e. The average molecular weight is 446 g/mol. The van der Waals surface area contributed by atoms with Crippen molar-refractivity contribution in [2.45, 2.75) is 31.1 Å². The fourth-order valence-corrected chi connectivity index (χ4v) is 4.98. The number of piperazine rings is 1. The maximum absolute atomic E-state index is 13.0. The van der Waals surface area contributed by atoms with Crippen LogP contribution in [0, 0.1) is 0 Å². The molecule has 0 saturated carbocycles. The number of sulfonamides is 1. The summed E-state index contributed by atoms with van der Waals surface area (Å²) < 4.78 is 32.6. The fraction of sp³-hybridized carbons (Fsp3) is 0.435. The van der Waals surface area contributed by atoms with E-state index < -0.39 is 10.0 Å². The van der Waals surface area contributed by atoms with Crippen LogP contribution in [0.5, 0.6) is 5.75 Å². The van der Waals surface area contributed by atoms with Crippen molar-refractivity contribution >= 4 is 21.6 Å². The van der Waals surface area contributed by atoms with E-state index in [9.17, 15) is 13.2 Å². The molecule has 1 amide bonds. The molecule has 0 radical (unpaired) electrons. The third kappa shape index (κ3) is 5.84. The Morgan fingerprint density at radius 2 is 1.65 bits per heavy atom. The van der Waals surface area contributed by atoms with Crippen molar-refractivity contribution in [2.75, 3.05) is 45.2 Å². The molecule has 1 aliphatic rings. The monoisotopic (exact) mass is 445 g/mol. The number of nitrogens with one attached hydrogen (secondary N) is 1. The maximum atomic E-state index is 13.0. The first-order valence-electron chi connectivity index (χ1n) is 10.6. The highest BCUT2D eigenvalue weighted by Gasteiger charge is 2.29. The van der Waals surface area contributed by atoms with Gasteiger partial charge < -0.3 is 10.1 Å². The second kappa shape index (κ2) is 10.3. The van der Waals surface area contributed by atoms with Crippen LogP contribution >= 0.6 is 0 Å². The summed E-state index contributed by atoms with van der Waals surface area (Å²) >= 11 is 0. The molecule has 7 nitrogen and oxygen atoms in total. The number of benzene rings is 2. The highest BCUT2D eigenvalue weighted by molar-refractivity contribution is 7.89. The molecule has 2 aromatic carbocycles. The Kier molecular flexibility index (Phi) is 7.69. The topological polar surface area (TPSA) is 79.0 Å². The van der Waals surface area contributed by atoms with Crippen molar-refractivity contribution in [1.29, 1.82) is 0 Å². The summed E-state index contributed by atoms with van der Waals surface area (Å²) in [5.74, 6) is 1.01. The van der Waals surface area contributed by atoms with Gasteiger partial charge in [-0.2, -0.15) is 4.31 Å². The largest absolute Gasteiger partial charge is 0.497 e. The summed E-state index contributed by atoms with van der Waals surface area (Å²) in [4.78, 5) is 14.6. The smallest absolute Gasteiger partial charge is 0.243 e. The van der Waals surface area contributed by atoms with Crippen molar-refractivity contribution in [3.05, 3.63) is 54.1 Å². The Labute approximate surface area is 185 Å². The average Bonchev–Trinajstić information content (AvgIpc) is 2.79. The lowest BCUT2D eigenvalue weighted by atomic mass is 9.99. The summed E-state index contributed by atoms with van der Waals surface area (Å²) in [5.41, 5.74) is 1.85. The van der Waals surface area contributed by atoms with E-state index in [1.165, 1.54) is 4.31 Å². The third-order valence-corrected chi connectivity index (χ3v) is 7.68. The Balaban J connectivity index is 1.52. The number of rotatable bonds is 8. The number of anilines is 1. The molecule has 1 heterocycles. The normalized spacial score (nSPS) is 16.6. The van der Waals surface area contributed by atoms with Crippen LogP contribution in [0.1, 0.15) is 31.7 Å². The predicted octanol–water partition coefficient (Wildman–Crippen LogP) is 3.15. The van der Waals surface area contributed by atoms with Crippen molar-refractivity contribution in [2.24, 2.45) is 0 Å². The molecular weight excluding hydrogens is 414 g/mol. The first kappa shape index (κ1) is 23.2. The zero-order chi connectivity index (χ0) is 22.4. The van der Waals surface area contributed by atoms with E-state index >= 15 is 0 Å². The molecule has 1 saturated heterocycles. The number of carbonyl (C=O) groups excluding carboxylic acids is 1. The number of ether oxygens (including phenoxy) is 1. The molecular formula is C23H31N3O4S. The van der Waals surface area contributed by atoms with Crippen molar-refractivity contribution in [3.63, 3.8) is 0 Å². The SMILES string of the molecule is CCC(C)c1ccc(S(=O)(=O)N2CCN(CC(=O)Nc3ccc(OC)cc3)CC2)cc1. The highest BCUT2D eigenvalue weighted by Crippen LogP contribution is 2.23. The molecule has 1 fully saturated rings. The van der Waals surface area contributed by atoms with Gasteiger partial charge in [-0.15, -0.1) is 0 Å². The molecule has 2 aromatic rings. The minimum absolute atomic E-state index is 0.123. The molecule has 3 rings (SSSR count). The summed E-state index contributed by atoms with van der Waals surface area (Å²) in [7, 11) is -1.93. The lowest BCUT2D eigenvalue weighted by molar-refractivity contribution is -0.117. The number of hydrogen-bond donors (Lipinski definition) is 1. The number of hydrogen-bond acceptors (Lipinski definition) is 5. The molecule has 168 valence electrons. The molecule has 1 aliphatic heterocycles. The summed E-state index contributed by atoms with van der Waals surface area (Å²) in [5, 5.41) is 2.86. The van der Waals surface area contributed by atoms with Gasteiger partial charge in [0.2, 0.25) is 15.9 Å². The van der Waals surface area contributed by atoms with Crippen molar-refractivity contribution in [1.82, 2.24) is 9.21 Å². The summed E-state index contributed by atoms with van der Waals surface area (Å²) in [6.07, 6.45) is 1.01. The van der Waals surface area contributed by atoms with Gasteiger partial charge in [-0.3, -0.25) is 9.69 Å². The van der Waals surface area contributed by atoms with E-state index in [-0.39, 0.29) is 12.5 Å². The van der Waals surface area contributed by atoms with E-state index in [0.29, 0.717) is 42.7 Å². The molecule has 0 bridgehead atoms. The van der Waals surface area contributed by atoms with Crippen LogP contribution in [0.2, 0.25) is 0 Å². The van der Waals surface area contributed by atoms with E-state index in [0.717, 1.165) is 17.7 Å². The minimum atomic E-state index is -3.52. The third-order valence-electron chi connectivity index (χ3n) is 5.77. The predicted molar refractivity (Wildman–Crippen MR) is 122 cm³/mol. The standard InChI is InChI=1S/C23H31N3O4S/c1-4-18(2)19-5-11-22(12-6-19)31(28,29)26-15-13-25(14-16-26)17-23(27)24-20-7-9-21(30-3)10-8-20/h5-12,18H,4,13-17H2,1-3H3,(H,24,27). The van der Waals surface area contributed by atoms with E-state index in [1.807, 2.05) is 17.0 Å². The number of carbonyl (C=O) groups is 1. The molecule has 8 heteroatoms. The van der Waals surface area contributed by atoms with Crippen LogP contribution in [-0.4, -0.2) is 63.4 Å². The van der Waals surface area contributed by atoms with Gasteiger partial charge in [-0.1, -0.05) is 26.0 Å². The Morgan fingerprint density at radius 1 is 1.03 bits per heavy atom. The number of nitrogens with zero attached hydrogens (tertiary/aromatic N) is 2. The van der Waals surface area contributed by atoms with Crippen LogP contribution in [0.15, 0.2) is 53.4 Å². The van der Waals surface area contributed by atoms with Gasteiger partial charge in [-0.05, 0) is 54.3 Å². The van der Waals surface area contributed by atoms with Crippen LogP contribution < -0.4 is 10.1 Å². The van der Waals surface area contributed by atoms with Gasteiger partial charge in [0, 0.05) is 31.9 Å². The highest BCUT2D eigenvalue weighted by atomic mass is 32.2. The summed E-state index contributed by atoms with van der Waals surface area (Å²) in [6, 6.07) is 14.4. The number of methoxy groups -OCH3 is 1. The lowest BCUT2D eigenvalue weighted by Gasteiger charge is -2.33. The lowest BCUT2D eigenvalue weighted by Crippen LogP contribution is -2.50. The van der Waals surface area contributed by atoms with Gasteiger partial charge in [0.1, 0.15) is 5.75 Å². The molecule has 1 atom stereocenters. The molecule has 0 aromatic heterocycles. The van der Waals surface area contributed by atoms with Crippen LogP contribution in [0.25, 0.3) is 0 Å². The molecule has 1 N–H and O–H groups in total. The van der Waals surface area contributed by atoms with Gasteiger partial charge >= 0.3 is 0 Å². The second-order valence-electron chi connectivity index (χ2n) is 7.84.